The molecule has 1 rings (SSSR count). The largest absolute Gasteiger partial charge is 0.506 e. The van der Waals surface area contributed by atoms with Crippen LogP contribution in [0.25, 0.3) is 0 Å². The van der Waals surface area contributed by atoms with Gasteiger partial charge in [-0.25, -0.2) is 4.98 Å². The minimum absolute atomic E-state index is 0.000278. The lowest BCUT2D eigenvalue weighted by Gasteiger charge is -2.18. The number of halogens is 1. The fourth-order valence-corrected chi connectivity index (χ4v) is 1.72. The van der Waals surface area contributed by atoms with E-state index in [1.807, 2.05) is 0 Å². The topological polar surface area (TPSA) is 103 Å². The third-order valence-corrected chi connectivity index (χ3v) is 2.77. The second kappa shape index (κ2) is 6.67. The Labute approximate surface area is 113 Å². The lowest BCUT2D eigenvalue weighted by atomic mass is 10.1. The summed E-state index contributed by atoms with van der Waals surface area (Å²) in [5.41, 5.74) is -0.000278. The quantitative estimate of drug-likeness (QED) is 0.591. The molecule has 18 heavy (non-hydrogen) atoms. The van der Waals surface area contributed by atoms with Gasteiger partial charge in [0.05, 0.1) is 6.10 Å². The average molecular weight is 319 g/mol. The molecule has 0 spiro atoms. The van der Waals surface area contributed by atoms with Crippen LogP contribution in [0, 0.1) is 0 Å². The van der Waals surface area contributed by atoms with Crippen LogP contribution in [-0.4, -0.2) is 38.9 Å². The average Bonchev–Trinajstić information content (AvgIpc) is 2.30. The van der Waals surface area contributed by atoms with Crippen LogP contribution in [0.5, 0.6) is 5.75 Å². The lowest BCUT2D eigenvalue weighted by Crippen LogP contribution is -2.28. The molecule has 100 valence electrons. The van der Waals surface area contributed by atoms with E-state index in [0.717, 1.165) is 0 Å². The van der Waals surface area contributed by atoms with E-state index in [9.17, 15) is 20.1 Å². The van der Waals surface area contributed by atoms with Gasteiger partial charge >= 0.3 is 0 Å². The Kier molecular flexibility index (Phi) is 5.52. The SMILES string of the molecule is CC(=O)NCCC(O)C(O)c1nc(Br)ccc1O. The molecule has 0 bridgehead atoms. The molecule has 0 saturated heterocycles. The number of nitrogens with one attached hydrogen (secondary N) is 1. The summed E-state index contributed by atoms with van der Waals surface area (Å²) in [5, 5.41) is 31.6. The van der Waals surface area contributed by atoms with Crippen molar-refractivity contribution in [2.75, 3.05) is 6.54 Å². The highest BCUT2D eigenvalue weighted by Crippen LogP contribution is 2.27. The monoisotopic (exact) mass is 318 g/mol. The number of carbonyl (C=O) groups excluding carboxylic acids is 1. The van der Waals surface area contributed by atoms with Gasteiger partial charge in [0.15, 0.2) is 0 Å². The second-order valence-corrected chi connectivity index (χ2v) is 4.63. The van der Waals surface area contributed by atoms with Crippen LogP contribution in [0.15, 0.2) is 16.7 Å². The van der Waals surface area contributed by atoms with Gasteiger partial charge in [0.25, 0.3) is 0 Å². The Balaban J connectivity index is 2.64. The summed E-state index contributed by atoms with van der Waals surface area (Å²) in [6.45, 7) is 1.60. The van der Waals surface area contributed by atoms with Crippen molar-refractivity contribution in [3.8, 4) is 5.75 Å². The van der Waals surface area contributed by atoms with Crippen LogP contribution in [0.1, 0.15) is 25.1 Å². The van der Waals surface area contributed by atoms with E-state index in [2.05, 4.69) is 26.2 Å². The summed E-state index contributed by atoms with van der Waals surface area (Å²) in [6.07, 6.45) is -2.27. The predicted molar refractivity (Wildman–Crippen MR) is 67.9 cm³/mol. The number of aromatic nitrogens is 1. The first kappa shape index (κ1) is 14.9. The fourth-order valence-electron chi connectivity index (χ4n) is 1.40. The van der Waals surface area contributed by atoms with Crippen molar-refractivity contribution in [3.63, 3.8) is 0 Å². The number of carbonyl (C=O) groups is 1. The highest BCUT2D eigenvalue weighted by atomic mass is 79.9. The van der Waals surface area contributed by atoms with Crippen LogP contribution in [0.4, 0.5) is 0 Å². The predicted octanol–water partition coefficient (Wildman–Crippen LogP) is 0.470. The summed E-state index contributed by atoms with van der Waals surface area (Å²) < 4.78 is 0.448. The molecule has 6 nitrogen and oxygen atoms in total. The van der Waals surface area contributed by atoms with E-state index in [-0.39, 0.29) is 30.3 Å². The number of aliphatic hydroxyl groups is 2. The molecule has 0 aromatic carbocycles. The summed E-state index contributed by atoms with van der Waals surface area (Å²) in [7, 11) is 0. The van der Waals surface area contributed by atoms with Crippen molar-refractivity contribution in [2.45, 2.75) is 25.6 Å². The van der Waals surface area contributed by atoms with Gasteiger partial charge < -0.3 is 20.6 Å². The zero-order valence-electron chi connectivity index (χ0n) is 9.80. The molecule has 0 saturated carbocycles. The van der Waals surface area contributed by atoms with E-state index in [4.69, 9.17) is 0 Å². The number of hydrogen-bond acceptors (Lipinski definition) is 5. The molecule has 7 heteroatoms. The van der Waals surface area contributed by atoms with Gasteiger partial charge in [-0.05, 0) is 34.5 Å². The molecular formula is C11H15BrN2O4. The normalized spacial score (nSPS) is 14.0. The minimum Gasteiger partial charge on any atom is -0.506 e. The maximum Gasteiger partial charge on any atom is 0.216 e. The van der Waals surface area contributed by atoms with E-state index in [0.29, 0.717) is 4.60 Å². The Bertz CT molecular complexity index is 428. The Morgan fingerprint density at radius 2 is 2.17 bits per heavy atom. The van der Waals surface area contributed by atoms with Gasteiger partial charge in [-0.3, -0.25) is 4.79 Å². The number of rotatable bonds is 5. The molecule has 0 aliphatic rings. The molecule has 4 N–H and O–H groups in total. The Morgan fingerprint density at radius 1 is 1.50 bits per heavy atom. The van der Waals surface area contributed by atoms with Gasteiger partial charge in [0.1, 0.15) is 22.2 Å². The minimum atomic E-state index is -1.31. The molecule has 0 aliphatic carbocycles. The first-order valence-electron chi connectivity index (χ1n) is 5.37. The van der Waals surface area contributed by atoms with Crippen molar-refractivity contribution in [2.24, 2.45) is 0 Å². The summed E-state index contributed by atoms with van der Waals surface area (Å²) in [4.78, 5) is 14.6. The maximum absolute atomic E-state index is 10.7. The van der Waals surface area contributed by atoms with Crippen LogP contribution in [0.2, 0.25) is 0 Å². The molecule has 2 atom stereocenters. The van der Waals surface area contributed by atoms with Crippen molar-refractivity contribution >= 4 is 21.8 Å². The van der Waals surface area contributed by atoms with Gasteiger partial charge in [-0.1, -0.05) is 0 Å². The fraction of sp³-hybridized carbons (Fsp3) is 0.455. The standard InChI is InChI=1S/C11H15BrN2O4/c1-6(15)13-5-4-8(17)11(18)10-7(16)2-3-9(12)14-10/h2-3,8,11,16-18H,4-5H2,1H3,(H,13,15). The molecule has 1 aromatic rings. The van der Waals surface area contributed by atoms with Gasteiger partial charge in [0.2, 0.25) is 5.91 Å². The van der Waals surface area contributed by atoms with Crippen LogP contribution < -0.4 is 5.32 Å². The van der Waals surface area contributed by atoms with Crippen molar-refractivity contribution in [1.82, 2.24) is 10.3 Å². The summed E-state index contributed by atoms with van der Waals surface area (Å²) >= 11 is 3.11. The molecule has 2 unspecified atom stereocenters. The maximum atomic E-state index is 10.7. The van der Waals surface area contributed by atoms with Gasteiger partial charge in [-0.15, -0.1) is 0 Å². The molecule has 1 amide bonds. The van der Waals surface area contributed by atoms with Crippen LogP contribution in [0.3, 0.4) is 0 Å². The molecule has 1 aromatic heterocycles. The highest BCUT2D eigenvalue weighted by molar-refractivity contribution is 9.10. The lowest BCUT2D eigenvalue weighted by molar-refractivity contribution is -0.119. The van der Waals surface area contributed by atoms with E-state index < -0.39 is 12.2 Å². The van der Waals surface area contributed by atoms with E-state index in [1.54, 1.807) is 0 Å². The van der Waals surface area contributed by atoms with Crippen LogP contribution >= 0.6 is 15.9 Å². The molecular weight excluding hydrogens is 304 g/mol. The summed E-state index contributed by atoms with van der Waals surface area (Å²) in [6, 6.07) is 2.89. The van der Waals surface area contributed by atoms with Crippen molar-refractivity contribution < 1.29 is 20.1 Å². The highest BCUT2D eigenvalue weighted by Gasteiger charge is 2.22. The smallest absolute Gasteiger partial charge is 0.216 e. The summed E-state index contributed by atoms with van der Waals surface area (Å²) in [5.74, 6) is -0.399. The number of pyridine rings is 1. The number of aromatic hydroxyl groups is 1. The third-order valence-electron chi connectivity index (χ3n) is 2.33. The van der Waals surface area contributed by atoms with Gasteiger partial charge in [0, 0.05) is 13.5 Å². The van der Waals surface area contributed by atoms with Crippen molar-refractivity contribution in [1.29, 1.82) is 0 Å². The zero-order valence-corrected chi connectivity index (χ0v) is 11.4. The second-order valence-electron chi connectivity index (χ2n) is 3.82. The third kappa shape index (κ3) is 4.25. The van der Waals surface area contributed by atoms with Gasteiger partial charge in [-0.2, -0.15) is 0 Å². The number of aliphatic hydroxyl groups excluding tert-OH is 2. The molecule has 0 aliphatic heterocycles. The van der Waals surface area contributed by atoms with E-state index in [1.165, 1.54) is 19.1 Å². The molecule has 0 radical (unpaired) electrons. The van der Waals surface area contributed by atoms with Crippen molar-refractivity contribution in [3.05, 3.63) is 22.4 Å². The Morgan fingerprint density at radius 3 is 2.78 bits per heavy atom. The first-order valence-corrected chi connectivity index (χ1v) is 6.17. The zero-order chi connectivity index (χ0) is 13.7. The first-order chi connectivity index (χ1) is 8.41. The number of nitrogens with zero attached hydrogens (tertiary/aromatic N) is 1. The molecule has 0 fully saturated rings. The Hall–Kier alpha value is -1.18. The van der Waals surface area contributed by atoms with E-state index >= 15 is 0 Å². The number of hydrogen-bond donors (Lipinski definition) is 4. The number of amides is 1. The van der Waals surface area contributed by atoms with Crippen LogP contribution in [-0.2, 0) is 4.79 Å². The molecule has 1 heterocycles.